The van der Waals surface area contributed by atoms with Crippen LogP contribution in [-0.4, -0.2) is 41.6 Å². The quantitative estimate of drug-likeness (QED) is 0.926. The van der Waals surface area contributed by atoms with Crippen LogP contribution in [0.15, 0.2) is 48.5 Å². The molecular formula is C20H21NO4. The van der Waals surface area contributed by atoms with Crippen molar-refractivity contribution < 1.29 is 19.4 Å². The van der Waals surface area contributed by atoms with Crippen LogP contribution in [0.4, 0.5) is 0 Å². The first-order chi connectivity index (χ1) is 12.1. The first-order valence-corrected chi connectivity index (χ1v) is 8.39. The second kappa shape index (κ2) is 7.38. The molecule has 1 saturated heterocycles. The summed E-state index contributed by atoms with van der Waals surface area (Å²) in [7, 11) is 1.59. The largest absolute Gasteiger partial charge is 0.496 e. The maximum atomic E-state index is 12.9. The molecule has 0 saturated carbocycles. The van der Waals surface area contributed by atoms with Gasteiger partial charge >= 0.3 is 5.97 Å². The van der Waals surface area contributed by atoms with Gasteiger partial charge in [-0.15, -0.1) is 0 Å². The van der Waals surface area contributed by atoms with E-state index in [1.807, 2.05) is 30.3 Å². The number of ether oxygens (including phenoxy) is 1. The van der Waals surface area contributed by atoms with Gasteiger partial charge < -0.3 is 14.7 Å². The van der Waals surface area contributed by atoms with Crippen LogP contribution in [0.5, 0.6) is 5.75 Å². The highest BCUT2D eigenvalue weighted by atomic mass is 16.5. The number of likely N-dealkylation sites (tertiary alicyclic amines) is 1. The van der Waals surface area contributed by atoms with Crippen LogP contribution in [0.2, 0.25) is 0 Å². The zero-order valence-electron chi connectivity index (χ0n) is 14.1. The molecule has 1 heterocycles. The lowest BCUT2D eigenvalue weighted by Gasteiger charge is -2.33. The number of carboxylic acids is 1. The monoisotopic (exact) mass is 339 g/mol. The summed E-state index contributed by atoms with van der Waals surface area (Å²) in [5.41, 5.74) is 2.24. The average molecular weight is 339 g/mol. The number of carboxylic acid groups (broad SMARTS) is 1. The lowest BCUT2D eigenvalue weighted by atomic mass is 9.98. The Hall–Kier alpha value is -2.82. The predicted molar refractivity (Wildman–Crippen MR) is 94.7 cm³/mol. The molecule has 1 amide bonds. The van der Waals surface area contributed by atoms with E-state index in [4.69, 9.17) is 4.74 Å². The highest BCUT2D eigenvalue weighted by Crippen LogP contribution is 2.31. The molecule has 0 bridgehead atoms. The minimum atomic E-state index is -0.940. The third-order valence-corrected chi connectivity index (χ3v) is 4.58. The van der Waals surface area contributed by atoms with Crippen molar-refractivity contribution in [2.75, 3.05) is 13.7 Å². The zero-order chi connectivity index (χ0) is 17.8. The number of amides is 1. The molecule has 0 aliphatic carbocycles. The second-order valence-corrected chi connectivity index (χ2v) is 6.13. The van der Waals surface area contributed by atoms with Gasteiger partial charge in [0.1, 0.15) is 11.8 Å². The van der Waals surface area contributed by atoms with Gasteiger partial charge in [-0.3, -0.25) is 4.79 Å². The van der Waals surface area contributed by atoms with E-state index in [0.29, 0.717) is 24.3 Å². The van der Waals surface area contributed by atoms with Crippen molar-refractivity contribution in [3.63, 3.8) is 0 Å². The van der Waals surface area contributed by atoms with E-state index in [-0.39, 0.29) is 5.91 Å². The molecule has 5 heteroatoms. The van der Waals surface area contributed by atoms with E-state index >= 15 is 0 Å². The molecule has 5 nitrogen and oxygen atoms in total. The van der Waals surface area contributed by atoms with E-state index in [1.54, 1.807) is 25.3 Å². The Bertz CT molecular complexity index is 773. The van der Waals surface area contributed by atoms with Crippen molar-refractivity contribution in [1.82, 2.24) is 4.90 Å². The number of hydrogen-bond donors (Lipinski definition) is 1. The lowest BCUT2D eigenvalue weighted by molar-refractivity contribution is -0.143. The molecule has 2 aromatic carbocycles. The Balaban J connectivity index is 1.97. The van der Waals surface area contributed by atoms with Crippen LogP contribution in [-0.2, 0) is 4.79 Å². The summed E-state index contributed by atoms with van der Waals surface area (Å²) in [6, 6.07) is 14.2. The molecule has 1 aliphatic heterocycles. The van der Waals surface area contributed by atoms with Gasteiger partial charge in [-0.2, -0.15) is 0 Å². The predicted octanol–water partition coefficient (Wildman–Crippen LogP) is 3.44. The van der Waals surface area contributed by atoms with Crippen LogP contribution < -0.4 is 4.74 Å². The van der Waals surface area contributed by atoms with Gasteiger partial charge in [-0.1, -0.05) is 30.3 Å². The molecule has 1 fully saturated rings. The second-order valence-electron chi connectivity index (χ2n) is 6.13. The Labute approximate surface area is 146 Å². The number of carbonyl (C=O) groups is 2. The first-order valence-electron chi connectivity index (χ1n) is 8.39. The summed E-state index contributed by atoms with van der Waals surface area (Å²) < 4.78 is 5.42. The fraction of sp³-hybridized carbons (Fsp3) is 0.300. The van der Waals surface area contributed by atoms with Crippen molar-refractivity contribution >= 4 is 11.9 Å². The van der Waals surface area contributed by atoms with E-state index in [2.05, 4.69) is 0 Å². The number of aliphatic carboxylic acids is 1. The molecule has 0 aromatic heterocycles. The summed E-state index contributed by atoms with van der Waals surface area (Å²) in [4.78, 5) is 25.9. The highest BCUT2D eigenvalue weighted by Gasteiger charge is 2.32. The molecule has 0 spiro atoms. The van der Waals surface area contributed by atoms with Crippen LogP contribution in [0.3, 0.4) is 0 Å². The van der Waals surface area contributed by atoms with Gasteiger partial charge in [0.15, 0.2) is 0 Å². The number of piperidine rings is 1. The molecule has 2 aromatic rings. The minimum Gasteiger partial charge on any atom is -0.496 e. The standard InChI is InChI=1S/C20H21NO4/c1-25-18-11-10-15(13-16(18)14-7-3-2-4-8-14)19(22)21-12-6-5-9-17(21)20(23)24/h2-4,7-8,10-11,13,17H,5-6,9,12H2,1H3,(H,23,24). The molecule has 130 valence electrons. The Morgan fingerprint density at radius 2 is 1.88 bits per heavy atom. The van der Waals surface area contributed by atoms with Gasteiger partial charge in [0.2, 0.25) is 0 Å². The first kappa shape index (κ1) is 17.0. The van der Waals surface area contributed by atoms with Crippen LogP contribution >= 0.6 is 0 Å². The molecule has 1 aliphatic rings. The maximum absolute atomic E-state index is 12.9. The van der Waals surface area contributed by atoms with Gasteiger partial charge in [0, 0.05) is 17.7 Å². The van der Waals surface area contributed by atoms with Crippen molar-refractivity contribution in [3.8, 4) is 16.9 Å². The minimum absolute atomic E-state index is 0.244. The van der Waals surface area contributed by atoms with Crippen LogP contribution in [0.25, 0.3) is 11.1 Å². The number of nitrogens with zero attached hydrogens (tertiary/aromatic N) is 1. The smallest absolute Gasteiger partial charge is 0.326 e. The summed E-state index contributed by atoms with van der Waals surface area (Å²) in [6.07, 6.45) is 2.17. The third-order valence-electron chi connectivity index (χ3n) is 4.58. The number of methoxy groups -OCH3 is 1. The zero-order valence-corrected chi connectivity index (χ0v) is 14.1. The van der Waals surface area contributed by atoms with Crippen molar-refractivity contribution in [3.05, 3.63) is 54.1 Å². The van der Waals surface area contributed by atoms with E-state index in [1.165, 1.54) is 4.90 Å². The van der Waals surface area contributed by atoms with Crippen LogP contribution in [0.1, 0.15) is 29.6 Å². The van der Waals surface area contributed by atoms with Crippen molar-refractivity contribution in [1.29, 1.82) is 0 Å². The fourth-order valence-electron chi connectivity index (χ4n) is 3.28. The Kier molecular flexibility index (Phi) is 5.03. The van der Waals surface area contributed by atoms with Gasteiger partial charge in [0.25, 0.3) is 5.91 Å². The maximum Gasteiger partial charge on any atom is 0.326 e. The van der Waals surface area contributed by atoms with Crippen molar-refractivity contribution in [2.24, 2.45) is 0 Å². The van der Waals surface area contributed by atoms with E-state index in [0.717, 1.165) is 24.0 Å². The van der Waals surface area contributed by atoms with Gasteiger partial charge in [-0.05, 0) is 43.0 Å². The molecular weight excluding hydrogens is 318 g/mol. The fourth-order valence-corrected chi connectivity index (χ4v) is 3.28. The molecule has 1 unspecified atom stereocenters. The Morgan fingerprint density at radius 1 is 1.12 bits per heavy atom. The average Bonchev–Trinajstić information content (AvgIpc) is 2.67. The molecule has 1 N–H and O–H groups in total. The molecule has 25 heavy (non-hydrogen) atoms. The highest BCUT2D eigenvalue weighted by molar-refractivity contribution is 5.98. The van der Waals surface area contributed by atoms with Crippen LogP contribution in [0, 0.1) is 0 Å². The van der Waals surface area contributed by atoms with E-state index in [9.17, 15) is 14.7 Å². The number of rotatable bonds is 4. The molecule has 3 rings (SSSR count). The summed E-state index contributed by atoms with van der Waals surface area (Å²) in [6.45, 7) is 0.475. The summed E-state index contributed by atoms with van der Waals surface area (Å²) in [5, 5.41) is 9.41. The third kappa shape index (κ3) is 3.50. The summed E-state index contributed by atoms with van der Waals surface area (Å²) in [5.74, 6) is -0.507. The van der Waals surface area contributed by atoms with Gasteiger partial charge in [0.05, 0.1) is 7.11 Å². The number of benzene rings is 2. The SMILES string of the molecule is COc1ccc(C(=O)N2CCCCC2C(=O)O)cc1-c1ccccc1. The lowest BCUT2D eigenvalue weighted by Crippen LogP contribution is -2.47. The Morgan fingerprint density at radius 3 is 2.56 bits per heavy atom. The topological polar surface area (TPSA) is 66.8 Å². The van der Waals surface area contributed by atoms with Gasteiger partial charge in [-0.25, -0.2) is 4.79 Å². The number of carbonyl (C=O) groups excluding carboxylic acids is 1. The normalized spacial score (nSPS) is 17.2. The molecule has 0 radical (unpaired) electrons. The molecule has 1 atom stereocenters. The summed E-state index contributed by atoms with van der Waals surface area (Å²) >= 11 is 0. The number of hydrogen-bond acceptors (Lipinski definition) is 3. The van der Waals surface area contributed by atoms with Crippen molar-refractivity contribution in [2.45, 2.75) is 25.3 Å². The van der Waals surface area contributed by atoms with E-state index < -0.39 is 12.0 Å².